The summed E-state index contributed by atoms with van der Waals surface area (Å²) in [6.07, 6.45) is 0.926. The first-order chi connectivity index (χ1) is 13.5. The van der Waals surface area contributed by atoms with Gasteiger partial charge in [0.25, 0.3) is 11.8 Å². The Morgan fingerprint density at radius 1 is 1.14 bits per heavy atom. The number of amides is 2. The van der Waals surface area contributed by atoms with Crippen molar-refractivity contribution in [2.75, 3.05) is 20.2 Å². The minimum atomic E-state index is -0.822. The van der Waals surface area contributed by atoms with Crippen molar-refractivity contribution >= 4 is 17.8 Å². The van der Waals surface area contributed by atoms with E-state index in [-0.39, 0.29) is 17.8 Å². The van der Waals surface area contributed by atoms with Crippen LogP contribution >= 0.6 is 0 Å². The summed E-state index contributed by atoms with van der Waals surface area (Å²) in [5.41, 5.74) is 6.93. The van der Waals surface area contributed by atoms with E-state index in [0.29, 0.717) is 43.1 Å². The van der Waals surface area contributed by atoms with Gasteiger partial charge in [0.05, 0.1) is 12.8 Å². The number of nitrogens with two attached hydrogens (primary N) is 1. The van der Waals surface area contributed by atoms with Crippen molar-refractivity contribution in [3.63, 3.8) is 0 Å². The third-order valence-electron chi connectivity index (χ3n) is 5.15. The zero-order valence-electron chi connectivity index (χ0n) is 15.4. The Hall–Kier alpha value is -3.49. The molecule has 3 heterocycles. The van der Waals surface area contributed by atoms with E-state index in [0.717, 1.165) is 5.56 Å². The van der Waals surface area contributed by atoms with Crippen LogP contribution in [0.1, 0.15) is 23.2 Å². The lowest BCUT2D eigenvalue weighted by Crippen LogP contribution is -2.50. The number of carbonyl (C=O) groups is 2. The highest BCUT2D eigenvalue weighted by atomic mass is 16.5. The lowest BCUT2D eigenvalue weighted by Gasteiger charge is -2.35. The average Bonchev–Trinajstić information content (AvgIpc) is 3.01. The first-order valence-corrected chi connectivity index (χ1v) is 8.95. The maximum atomic E-state index is 12.8. The minimum absolute atomic E-state index is 0.0717. The number of methoxy groups -OCH3 is 1. The van der Waals surface area contributed by atoms with Gasteiger partial charge in [-0.05, 0) is 31.0 Å². The van der Waals surface area contributed by atoms with Gasteiger partial charge in [-0.15, -0.1) is 10.2 Å². The number of benzene rings is 1. The van der Waals surface area contributed by atoms with Crippen LogP contribution in [0.4, 0.5) is 0 Å². The number of guanidine groups is 1. The van der Waals surface area contributed by atoms with Gasteiger partial charge < -0.3 is 15.4 Å². The van der Waals surface area contributed by atoms with Gasteiger partial charge in [0.15, 0.2) is 5.96 Å². The van der Waals surface area contributed by atoms with E-state index in [1.165, 1.54) is 7.11 Å². The van der Waals surface area contributed by atoms with E-state index < -0.39 is 5.54 Å². The molecule has 9 nitrogen and oxygen atoms in total. The molecule has 1 saturated heterocycles. The number of piperidine rings is 1. The molecule has 144 valence electrons. The van der Waals surface area contributed by atoms with Crippen molar-refractivity contribution in [2.24, 2.45) is 10.7 Å². The number of hydrogen-bond donors (Lipinski definition) is 2. The molecule has 1 aromatic carbocycles. The van der Waals surface area contributed by atoms with Crippen LogP contribution in [-0.4, -0.2) is 58.6 Å². The Morgan fingerprint density at radius 2 is 1.86 bits per heavy atom. The monoisotopic (exact) mass is 380 g/mol. The zero-order chi connectivity index (χ0) is 19.7. The fourth-order valence-electron chi connectivity index (χ4n) is 3.51. The van der Waals surface area contributed by atoms with E-state index in [9.17, 15) is 9.59 Å². The number of ether oxygens (including phenoxy) is 1. The molecule has 1 fully saturated rings. The molecular weight excluding hydrogens is 360 g/mol. The van der Waals surface area contributed by atoms with E-state index in [4.69, 9.17) is 10.5 Å². The predicted molar refractivity (Wildman–Crippen MR) is 102 cm³/mol. The van der Waals surface area contributed by atoms with Crippen LogP contribution < -0.4 is 15.8 Å². The normalized spacial score (nSPS) is 18.0. The number of aromatic nitrogens is 2. The van der Waals surface area contributed by atoms with Crippen LogP contribution in [0.15, 0.2) is 41.4 Å². The summed E-state index contributed by atoms with van der Waals surface area (Å²) in [5.74, 6) is 0.349. The van der Waals surface area contributed by atoms with Crippen LogP contribution in [0.5, 0.6) is 5.88 Å². The third kappa shape index (κ3) is 3.15. The Balaban J connectivity index is 1.43. The number of hydrogen-bond acceptors (Lipinski definition) is 7. The molecule has 0 unspecified atom stereocenters. The van der Waals surface area contributed by atoms with E-state index in [1.54, 1.807) is 23.1 Å². The maximum Gasteiger partial charge on any atom is 0.254 e. The lowest BCUT2D eigenvalue weighted by molar-refractivity contribution is -0.125. The molecule has 2 aromatic rings. The topological polar surface area (TPSA) is 123 Å². The van der Waals surface area contributed by atoms with Gasteiger partial charge in [-0.1, -0.05) is 12.1 Å². The van der Waals surface area contributed by atoms with E-state index in [1.807, 2.05) is 18.2 Å². The number of carbonyl (C=O) groups excluding carboxylic acids is 2. The van der Waals surface area contributed by atoms with E-state index in [2.05, 4.69) is 20.5 Å². The smallest absolute Gasteiger partial charge is 0.254 e. The van der Waals surface area contributed by atoms with Crippen molar-refractivity contribution in [3.05, 3.63) is 42.0 Å². The summed E-state index contributed by atoms with van der Waals surface area (Å²) in [7, 11) is 1.53. The van der Waals surface area contributed by atoms with Gasteiger partial charge in [-0.2, -0.15) is 0 Å². The molecule has 28 heavy (non-hydrogen) atoms. The van der Waals surface area contributed by atoms with Gasteiger partial charge >= 0.3 is 0 Å². The van der Waals surface area contributed by atoms with Gasteiger partial charge in [0, 0.05) is 30.3 Å². The number of nitrogens with zero attached hydrogens (tertiary/aromatic N) is 4. The summed E-state index contributed by atoms with van der Waals surface area (Å²) in [4.78, 5) is 30.9. The number of rotatable bonds is 3. The molecule has 0 aliphatic carbocycles. The summed E-state index contributed by atoms with van der Waals surface area (Å²) in [6, 6.07) is 10.8. The molecule has 0 saturated carbocycles. The van der Waals surface area contributed by atoms with Gasteiger partial charge in [0.2, 0.25) is 5.88 Å². The minimum Gasteiger partial charge on any atom is -0.480 e. The molecule has 0 bridgehead atoms. The van der Waals surface area contributed by atoms with Crippen LogP contribution in [-0.2, 0) is 4.79 Å². The number of likely N-dealkylation sites (tertiary alicyclic amines) is 1. The van der Waals surface area contributed by atoms with Crippen molar-refractivity contribution in [3.8, 4) is 17.1 Å². The van der Waals surface area contributed by atoms with Crippen LogP contribution in [0.3, 0.4) is 0 Å². The molecule has 1 spiro atoms. The average molecular weight is 380 g/mol. The second-order valence-electron chi connectivity index (χ2n) is 6.81. The highest BCUT2D eigenvalue weighted by Crippen LogP contribution is 2.30. The maximum absolute atomic E-state index is 12.8. The SMILES string of the molecule is COc1ccc(-c2ccc(C(=O)N3CCC4(CC3)N=C(N)NC4=O)cc2)nn1. The second-order valence-corrected chi connectivity index (χ2v) is 6.81. The molecule has 2 aliphatic heterocycles. The molecule has 2 aliphatic rings. The Morgan fingerprint density at radius 3 is 2.39 bits per heavy atom. The summed E-state index contributed by atoms with van der Waals surface area (Å²) in [5, 5.41) is 10.6. The molecule has 0 atom stereocenters. The van der Waals surface area contributed by atoms with Gasteiger partial charge in [-0.3, -0.25) is 14.9 Å². The largest absolute Gasteiger partial charge is 0.480 e. The van der Waals surface area contributed by atoms with Gasteiger partial charge in [-0.25, -0.2) is 4.99 Å². The first kappa shape index (κ1) is 17.9. The van der Waals surface area contributed by atoms with Crippen molar-refractivity contribution in [2.45, 2.75) is 18.4 Å². The summed E-state index contributed by atoms with van der Waals surface area (Å²) < 4.78 is 5.01. The fourth-order valence-corrected chi connectivity index (χ4v) is 3.51. The Kier molecular flexibility index (Phi) is 4.42. The molecule has 4 rings (SSSR count). The second kappa shape index (κ2) is 6.91. The van der Waals surface area contributed by atoms with Gasteiger partial charge in [0.1, 0.15) is 5.54 Å². The van der Waals surface area contributed by atoms with Crippen molar-refractivity contribution < 1.29 is 14.3 Å². The number of nitrogens with one attached hydrogen (secondary N) is 1. The van der Waals surface area contributed by atoms with Crippen LogP contribution in [0.25, 0.3) is 11.3 Å². The van der Waals surface area contributed by atoms with Crippen LogP contribution in [0.2, 0.25) is 0 Å². The predicted octanol–water partition coefficient (Wildman–Crippen LogP) is 0.571. The molecule has 2 amide bonds. The quantitative estimate of drug-likeness (QED) is 0.803. The summed E-state index contributed by atoms with van der Waals surface area (Å²) in [6.45, 7) is 0.906. The summed E-state index contributed by atoms with van der Waals surface area (Å²) >= 11 is 0. The standard InChI is InChI=1S/C19H20N6O3/c1-28-15-7-6-14(23-24-15)12-2-4-13(5-3-12)16(26)25-10-8-19(9-11-25)17(27)21-18(20)22-19/h2-7H,8-11H2,1H3,(H3,20,21,22,27). The van der Waals surface area contributed by atoms with Crippen molar-refractivity contribution in [1.29, 1.82) is 0 Å². The molecule has 9 heteroatoms. The molecule has 3 N–H and O–H groups in total. The third-order valence-corrected chi connectivity index (χ3v) is 5.15. The number of aliphatic imine (C=N–C) groups is 1. The highest BCUT2D eigenvalue weighted by Gasteiger charge is 2.46. The fraction of sp³-hybridized carbons (Fsp3) is 0.316. The Bertz CT molecular complexity index is 931. The molecule has 1 aromatic heterocycles. The first-order valence-electron chi connectivity index (χ1n) is 8.95. The Labute approximate surface area is 161 Å². The molecular formula is C19H20N6O3. The lowest BCUT2D eigenvalue weighted by atomic mass is 9.87. The van der Waals surface area contributed by atoms with Crippen molar-refractivity contribution in [1.82, 2.24) is 20.4 Å². The molecule has 0 radical (unpaired) electrons. The van der Waals surface area contributed by atoms with Crippen LogP contribution in [0, 0.1) is 0 Å². The van der Waals surface area contributed by atoms with E-state index >= 15 is 0 Å². The zero-order valence-corrected chi connectivity index (χ0v) is 15.4. The highest BCUT2D eigenvalue weighted by molar-refractivity contribution is 6.07.